The molecular weight excluding hydrogens is 194 g/mol. The summed E-state index contributed by atoms with van der Waals surface area (Å²) in [5.74, 6) is 0. The highest BCUT2D eigenvalue weighted by molar-refractivity contribution is 5.63. The van der Waals surface area contributed by atoms with Gasteiger partial charge in [-0.05, 0) is 25.0 Å². The molecule has 88 valence electrons. The van der Waals surface area contributed by atoms with Crippen LogP contribution in [0.15, 0.2) is 24.3 Å². The summed E-state index contributed by atoms with van der Waals surface area (Å²) < 4.78 is 0. The summed E-state index contributed by atoms with van der Waals surface area (Å²) in [6, 6.07) is 9.49. The molecule has 0 fully saturated rings. The number of hydrogen-bond acceptors (Lipinski definition) is 1. The van der Waals surface area contributed by atoms with Crippen molar-refractivity contribution in [3.63, 3.8) is 0 Å². The van der Waals surface area contributed by atoms with Gasteiger partial charge in [-0.3, -0.25) is 0 Å². The number of anilines is 1. The van der Waals surface area contributed by atoms with Crippen LogP contribution in [0.2, 0.25) is 0 Å². The summed E-state index contributed by atoms with van der Waals surface area (Å²) >= 11 is 0. The van der Waals surface area contributed by atoms with Crippen LogP contribution in [0.25, 0.3) is 0 Å². The van der Waals surface area contributed by atoms with Crippen molar-refractivity contribution in [3.8, 4) is 0 Å². The Hall–Kier alpha value is -0.980. The standard InChI is InChI=1S/C15H23N/c1-5-6-11-16-12(2)15(3,4)13-9-7-8-10-14(13)16/h7-10,12H,5-6,11H2,1-4H3/t12-/m1/s1. The number of benzene rings is 1. The Kier molecular flexibility index (Phi) is 2.96. The van der Waals surface area contributed by atoms with Gasteiger partial charge in [-0.15, -0.1) is 0 Å². The molecule has 1 aromatic rings. The Bertz CT molecular complexity index is 367. The average Bonchev–Trinajstić information content (AvgIpc) is 2.47. The van der Waals surface area contributed by atoms with Crippen molar-refractivity contribution < 1.29 is 0 Å². The molecule has 0 aromatic heterocycles. The molecule has 0 radical (unpaired) electrons. The zero-order chi connectivity index (χ0) is 11.8. The Morgan fingerprint density at radius 1 is 1.25 bits per heavy atom. The number of nitrogens with zero attached hydrogens (tertiary/aromatic N) is 1. The molecule has 1 heterocycles. The first kappa shape index (κ1) is 11.5. The first-order valence-electron chi connectivity index (χ1n) is 6.45. The first-order chi connectivity index (χ1) is 7.59. The molecule has 1 aromatic carbocycles. The molecule has 0 saturated carbocycles. The zero-order valence-corrected chi connectivity index (χ0v) is 11.0. The summed E-state index contributed by atoms with van der Waals surface area (Å²) in [6.07, 6.45) is 2.56. The van der Waals surface area contributed by atoms with E-state index in [0.717, 1.165) is 0 Å². The molecule has 1 aliphatic heterocycles. The molecule has 2 rings (SSSR count). The lowest BCUT2D eigenvalue weighted by Gasteiger charge is -2.31. The first-order valence-corrected chi connectivity index (χ1v) is 6.45. The van der Waals surface area contributed by atoms with Crippen LogP contribution in [-0.2, 0) is 5.41 Å². The van der Waals surface area contributed by atoms with E-state index in [1.807, 2.05) is 0 Å². The van der Waals surface area contributed by atoms with Crippen molar-refractivity contribution >= 4 is 5.69 Å². The van der Waals surface area contributed by atoms with Gasteiger partial charge in [-0.25, -0.2) is 0 Å². The predicted octanol–water partition coefficient (Wildman–Crippen LogP) is 3.97. The molecular formula is C15H23N. The van der Waals surface area contributed by atoms with Crippen molar-refractivity contribution in [2.45, 2.75) is 52.0 Å². The number of fused-ring (bicyclic) bond motifs is 1. The van der Waals surface area contributed by atoms with Gasteiger partial charge >= 0.3 is 0 Å². The van der Waals surface area contributed by atoms with Crippen LogP contribution in [0.3, 0.4) is 0 Å². The highest BCUT2D eigenvalue weighted by atomic mass is 15.2. The molecule has 1 atom stereocenters. The fraction of sp³-hybridized carbons (Fsp3) is 0.600. The van der Waals surface area contributed by atoms with Gasteiger partial charge in [0.1, 0.15) is 0 Å². The average molecular weight is 217 g/mol. The van der Waals surface area contributed by atoms with E-state index in [1.165, 1.54) is 30.6 Å². The molecule has 0 bridgehead atoms. The second-order valence-corrected chi connectivity index (χ2v) is 5.46. The topological polar surface area (TPSA) is 3.24 Å². The van der Waals surface area contributed by atoms with Gasteiger partial charge in [0.05, 0.1) is 0 Å². The number of rotatable bonds is 3. The second-order valence-electron chi connectivity index (χ2n) is 5.46. The Morgan fingerprint density at radius 3 is 2.62 bits per heavy atom. The van der Waals surface area contributed by atoms with Gasteiger partial charge in [0, 0.05) is 23.7 Å². The van der Waals surface area contributed by atoms with Gasteiger partial charge in [0.15, 0.2) is 0 Å². The van der Waals surface area contributed by atoms with Crippen LogP contribution >= 0.6 is 0 Å². The van der Waals surface area contributed by atoms with Crippen LogP contribution in [0.4, 0.5) is 5.69 Å². The van der Waals surface area contributed by atoms with Crippen LogP contribution in [0, 0.1) is 0 Å². The lowest BCUT2D eigenvalue weighted by Crippen LogP contribution is -2.39. The lowest BCUT2D eigenvalue weighted by atomic mass is 9.81. The zero-order valence-electron chi connectivity index (χ0n) is 11.0. The maximum absolute atomic E-state index is 2.58. The third-order valence-corrected chi connectivity index (χ3v) is 4.17. The van der Waals surface area contributed by atoms with Crippen molar-refractivity contribution in [2.24, 2.45) is 0 Å². The maximum atomic E-state index is 2.58. The van der Waals surface area contributed by atoms with Gasteiger partial charge in [0.2, 0.25) is 0 Å². The van der Waals surface area contributed by atoms with E-state index in [2.05, 4.69) is 56.9 Å². The highest BCUT2D eigenvalue weighted by Gasteiger charge is 2.40. The molecule has 1 heteroatoms. The number of hydrogen-bond donors (Lipinski definition) is 0. The van der Waals surface area contributed by atoms with E-state index < -0.39 is 0 Å². The van der Waals surface area contributed by atoms with Crippen molar-refractivity contribution in [1.82, 2.24) is 0 Å². The fourth-order valence-electron chi connectivity index (χ4n) is 2.73. The molecule has 0 aliphatic carbocycles. The van der Waals surface area contributed by atoms with E-state index >= 15 is 0 Å². The Labute approximate surface area is 99.5 Å². The normalized spacial score (nSPS) is 22.2. The van der Waals surface area contributed by atoms with Crippen molar-refractivity contribution in [2.75, 3.05) is 11.4 Å². The smallest absolute Gasteiger partial charge is 0.0407 e. The SMILES string of the molecule is CCCCN1c2ccccc2C(C)(C)[C@H]1C. The summed E-state index contributed by atoms with van der Waals surface area (Å²) in [6.45, 7) is 10.5. The van der Waals surface area contributed by atoms with Crippen molar-refractivity contribution in [3.05, 3.63) is 29.8 Å². The van der Waals surface area contributed by atoms with Crippen LogP contribution in [0.1, 0.15) is 46.1 Å². The summed E-state index contributed by atoms with van der Waals surface area (Å²) in [7, 11) is 0. The molecule has 0 saturated heterocycles. The molecule has 0 N–H and O–H groups in total. The molecule has 0 amide bonds. The van der Waals surface area contributed by atoms with E-state index in [9.17, 15) is 0 Å². The van der Waals surface area contributed by atoms with Gasteiger partial charge < -0.3 is 4.90 Å². The van der Waals surface area contributed by atoms with Crippen LogP contribution < -0.4 is 4.90 Å². The molecule has 0 spiro atoms. The van der Waals surface area contributed by atoms with Crippen molar-refractivity contribution in [1.29, 1.82) is 0 Å². The Morgan fingerprint density at radius 2 is 1.94 bits per heavy atom. The monoisotopic (exact) mass is 217 g/mol. The third-order valence-electron chi connectivity index (χ3n) is 4.17. The summed E-state index contributed by atoms with van der Waals surface area (Å²) in [4.78, 5) is 2.58. The predicted molar refractivity (Wildman–Crippen MR) is 71.2 cm³/mol. The minimum Gasteiger partial charge on any atom is -0.368 e. The number of para-hydroxylation sites is 1. The quantitative estimate of drug-likeness (QED) is 0.740. The minimum absolute atomic E-state index is 0.282. The Balaban J connectivity index is 2.35. The largest absolute Gasteiger partial charge is 0.368 e. The molecule has 16 heavy (non-hydrogen) atoms. The van der Waals surface area contributed by atoms with E-state index in [4.69, 9.17) is 0 Å². The van der Waals surface area contributed by atoms with Gasteiger partial charge in [0.25, 0.3) is 0 Å². The lowest BCUT2D eigenvalue weighted by molar-refractivity contribution is 0.438. The van der Waals surface area contributed by atoms with Crippen LogP contribution in [-0.4, -0.2) is 12.6 Å². The summed E-state index contributed by atoms with van der Waals surface area (Å²) in [5.41, 5.74) is 3.25. The van der Waals surface area contributed by atoms with E-state index in [0.29, 0.717) is 6.04 Å². The highest BCUT2D eigenvalue weighted by Crippen LogP contribution is 2.44. The third kappa shape index (κ3) is 1.63. The van der Waals surface area contributed by atoms with E-state index in [1.54, 1.807) is 0 Å². The van der Waals surface area contributed by atoms with Gasteiger partial charge in [-0.1, -0.05) is 45.4 Å². The maximum Gasteiger partial charge on any atom is 0.0407 e. The molecule has 0 unspecified atom stereocenters. The second kappa shape index (κ2) is 4.12. The number of unbranched alkanes of at least 4 members (excludes halogenated alkanes) is 1. The van der Waals surface area contributed by atoms with Crippen LogP contribution in [0.5, 0.6) is 0 Å². The van der Waals surface area contributed by atoms with Gasteiger partial charge in [-0.2, -0.15) is 0 Å². The molecule has 1 aliphatic rings. The fourth-order valence-corrected chi connectivity index (χ4v) is 2.73. The van der Waals surface area contributed by atoms with E-state index in [-0.39, 0.29) is 5.41 Å². The minimum atomic E-state index is 0.282. The summed E-state index contributed by atoms with van der Waals surface area (Å²) in [5, 5.41) is 0. The molecule has 1 nitrogen and oxygen atoms in total.